The number of nitrogens with one attached hydrogen (secondary N) is 1. The number of rotatable bonds is 6. The van der Waals surface area contributed by atoms with Crippen molar-refractivity contribution >= 4 is 32.7 Å². The number of sulfonamides is 1. The van der Waals surface area contributed by atoms with Crippen molar-refractivity contribution in [2.24, 2.45) is 5.41 Å². The number of nitriles is 1. The van der Waals surface area contributed by atoms with Crippen LogP contribution in [-0.4, -0.2) is 59.8 Å². The second-order valence-corrected chi connectivity index (χ2v) is 12.2. The SMILES string of the molecule is N#CC1(NS(=O)(=O)c2cc3c(-c4nnc(C(F)F)s4)ncn3c(N3CCC4(CC3)COC4)c2F)CC1. The van der Waals surface area contributed by atoms with Gasteiger partial charge in [0.1, 0.15) is 22.5 Å². The molecular formula is C21H20F3N7O3S2. The van der Waals surface area contributed by atoms with Gasteiger partial charge in [0.25, 0.3) is 6.43 Å². The fraction of sp³-hybridized carbons (Fsp3) is 0.524. The molecule has 1 spiro atoms. The molecule has 15 heteroatoms. The lowest BCUT2D eigenvalue weighted by molar-refractivity contribution is -0.124. The maximum absolute atomic E-state index is 16.1. The molecule has 3 aromatic heterocycles. The summed E-state index contributed by atoms with van der Waals surface area (Å²) in [4.78, 5) is 5.38. The Morgan fingerprint density at radius 3 is 2.47 bits per heavy atom. The Kier molecular flexibility index (Phi) is 5.31. The van der Waals surface area contributed by atoms with Gasteiger partial charge in [-0.2, -0.15) is 9.98 Å². The molecule has 0 bridgehead atoms. The standard InChI is InChI=1S/C21H20F3N7O3S2/c22-14-13(36(32,33)29-21(8-25)1-2-21)7-12-15(17-27-28-18(35-17)16(23)24)26-11-31(12)19(14)30-5-3-20(4-6-30)9-34-10-20/h7,11,16,29H,1-6,9-10H2. The lowest BCUT2D eigenvalue weighted by Crippen LogP contribution is -2.51. The number of imidazole rings is 1. The summed E-state index contributed by atoms with van der Waals surface area (Å²) in [6.07, 6.45) is 0.650. The molecule has 3 aromatic rings. The van der Waals surface area contributed by atoms with Crippen molar-refractivity contribution < 1.29 is 26.3 Å². The van der Waals surface area contributed by atoms with E-state index in [1.165, 1.54) is 10.7 Å². The van der Waals surface area contributed by atoms with Crippen LogP contribution in [0.25, 0.3) is 16.2 Å². The van der Waals surface area contributed by atoms with E-state index in [1.807, 2.05) is 6.07 Å². The minimum absolute atomic E-state index is 0.00196. The van der Waals surface area contributed by atoms with E-state index in [4.69, 9.17) is 4.74 Å². The predicted molar refractivity (Wildman–Crippen MR) is 122 cm³/mol. The summed E-state index contributed by atoms with van der Waals surface area (Å²) in [5.74, 6) is -0.971. The molecule has 0 aromatic carbocycles. The third-order valence-electron chi connectivity index (χ3n) is 7.07. The number of aromatic nitrogens is 4. The van der Waals surface area contributed by atoms with Crippen LogP contribution in [0, 0.1) is 22.6 Å². The van der Waals surface area contributed by atoms with Gasteiger partial charge >= 0.3 is 0 Å². The number of ether oxygens (including phenoxy) is 1. The minimum atomic E-state index is -4.44. The normalized spacial score (nSPS) is 20.6. The third-order valence-corrected chi connectivity index (χ3v) is 9.54. The van der Waals surface area contributed by atoms with Gasteiger partial charge in [-0.25, -0.2) is 26.6 Å². The Labute approximate surface area is 207 Å². The lowest BCUT2D eigenvalue weighted by atomic mass is 9.77. The van der Waals surface area contributed by atoms with E-state index in [0.717, 1.165) is 18.9 Å². The molecule has 0 unspecified atom stereocenters. The molecule has 3 fully saturated rings. The first-order valence-corrected chi connectivity index (χ1v) is 13.6. The van der Waals surface area contributed by atoms with E-state index in [1.54, 1.807) is 4.90 Å². The van der Waals surface area contributed by atoms with Crippen LogP contribution in [0.4, 0.5) is 19.0 Å². The molecule has 36 heavy (non-hydrogen) atoms. The highest BCUT2D eigenvalue weighted by Crippen LogP contribution is 2.42. The van der Waals surface area contributed by atoms with E-state index in [2.05, 4.69) is 19.9 Å². The second kappa shape index (κ2) is 8.10. The highest BCUT2D eigenvalue weighted by atomic mass is 32.2. The van der Waals surface area contributed by atoms with Gasteiger partial charge in [0, 0.05) is 18.5 Å². The van der Waals surface area contributed by atoms with Crippen LogP contribution >= 0.6 is 11.3 Å². The maximum atomic E-state index is 16.1. The molecule has 2 aliphatic heterocycles. The monoisotopic (exact) mass is 539 g/mol. The van der Waals surface area contributed by atoms with Gasteiger partial charge in [0.2, 0.25) is 10.0 Å². The number of fused-ring (bicyclic) bond motifs is 1. The summed E-state index contributed by atoms with van der Waals surface area (Å²) < 4.78 is 77.9. The topological polar surface area (TPSA) is 126 Å². The summed E-state index contributed by atoms with van der Waals surface area (Å²) in [5.41, 5.74) is -0.911. The average Bonchev–Trinajstić information content (AvgIpc) is 3.22. The molecular weight excluding hydrogens is 519 g/mol. The molecule has 2 saturated heterocycles. The maximum Gasteiger partial charge on any atom is 0.291 e. The van der Waals surface area contributed by atoms with E-state index in [9.17, 15) is 22.5 Å². The fourth-order valence-electron chi connectivity index (χ4n) is 4.68. The van der Waals surface area contributed by atoms with Gasteiger partial charge in [0.05, 0.1) is 24.8 Å². The Bertz CT molecular complexity index is 1500. The van der Waals surface area contributed by atoms with Crippen LogP contribution in [0.3, 0.4) is 0 Å². The Morgan fingerprint density at radius 1 is 1.19 bits per heavy atom. The van der Waals surface area contributed by atoms with E-state index in [0.29, 0.717) is 50.5 Å². The lowest BCUT2D eigenvalue weighted by Gasteiger charge is -2.47. The zero-order valence-corrected chi connectivity index (χ0v) is 20.4. The Hall–Kier alpha value is -2.80. The molecule has 5 heterocycles. The number of pyridine rings is 1. The van der Waals surface area contributed by atoms with Crippen molar-refractivity contribution in [3.05, 3.63) is 23.2 Å². The minimum Gasteiger partial charge on any atom is -0.380 e. The molecule has 6 rings (SSSR count). The molecule has 3 aliphatic rings. The number of nitrogens with zero attached hydrogens (tertiary/aromatic N) is 6. The summed E-state index contributed by atoms with van der Waals surface area (Å²) >= 11 is 0.629. The summed E-state index contributed by atoms with van der Waals surface area (Å²) in [6.45, 7) is 2.23. The molecule has 1 saturated carbocycles. The van der Waals surface area contributed by atoms with E-state index >= 15 is 4.39 Å². The van der Waals surface area contributed by atoms with Crippen molar-refractivity contribution in [1.29, 1.82) is 5.26 Å². The molecule has 10 nitrogen and oxygen atoms in total. The summed E-state index contributed by atoms with van der Waals surface area (Å²) in [5, 5.41) is 16.2. The van der Waals surface area contributed by atoms with Gasteiger partial charge < -0.3 is 9.64 Å². The number of hydrogen-bond acceptors (Lipinski definition) is 9. The van der Waals surface area contributed by atoms with E-state index in [-0.39, 0.29) is 27.5 Å². The molecule has 1 N–H and O–H groups in total. The third kappa shape index (κ3) is 3.74. The zero-order valence-electron chi connectivity index (χ0n) is 18.7. The van der Waals surface area contributed by atoms with Gasteiger partial charge in [-0.1, -0.05) is 11.3 Å². The number of halogens is 3. The Balaban J connectivity index is 1.49. The number of anilines is 1. The summed E-state index contributed by atoms with van der Waals surface area (Å²) in [7, 11) is -4.44. The van der Waals surface area contributed by atoms with Crippen LogP contribution in [0.1, 0.15) is 37.1 Å². The highest BCUT2D eigenvalue weighted by Gasteiger charge is 2.48. The van der Waals surface area contributed by atoms with Crippen molar-refractivity contribution in [1.82, 2.24) is 24.3 Å². The van der Waals surface area contributed by atoms with Crippen LogP contribution in [-0.2, 0) is 14.8 Å². The summed E-state index contributed by atoms with van der Waals surface area (Å²) in [6, 6.07) is 3.04. The number of alkyl halides is 2. The smallest absolute Gasteiger partial charge is 0.291 e. The van der Waals surface area contributed by atoms with Crippen LogP contribution in [0.2, 0.25) is 0 Å². The highest BCUT2D eigenvalue weighted by molar-refractivity contribution is 7.89. The first-order chi connectivity index (χ1) is 17.2. The van der Waals surface area contributed by atoms with Crippen molar-refractivity contribution in [2.45, 2.75) is 42.5 Å². The largest absolute Gasteiger partial charge is 0.380 e. The van der Waals surface area contributed by atoms with Crippen molar-refractivity contribution in [3.63, 3.8) is 0 Å². The molecule has 0 atom stereocenters. The molecule has 1 aliphatic carbocycles. The molecule has 0 radical (unpaired) electrons. The molecule has 0 amide bonds. The van der Waals surface area contributed by atoms with Crippen LogP contribution in [0.5, 0.6) is 0 Å². The Morgan fingerprint density at radius 2 is 1.92 bits per heavy atom. The van der Waals surface area contributed by atoms with Gasteiger partial charge in [-0.3, -0.25) is 4.40 Å². The quantitative estimate of drug-likeness (QED) is 0.507. The van der Waals surface area contributed by atoms with Crippen molar-refractivity contribution in [3.8, 4) is 16.8 Å². The first-order valence-electron chi connectivity index (χ1n) is 11.3. The predicted octanol–water partition coefficient (Wildman–Crippen LogP) is 2.88. The van der Waals surface area contributed by atoms with Crippen LogP contribution < -0.4 is 9.62 Å². The number of piperidine rings is 1. The second-order valence-electron chi connectivity index (χ2n) is 9.52. The van der Waals surface area contributed by atoms with Gasteiger partial charge in [-0.15, -0.1) is 10.2 Å². The fourth-order valence-corrected chi connectivity index (χ4v) is 6.86. The van der Waals surface area contributed by atoms with E-state index < -0.39 is 37.7 Å². The zero-order chi connectivity index (χ0) is 25.3. The molecule has 190 valence electrons. The van der Waals surface area contributed by atoms with Crippen molar-refractivity contribution in [2.75, 3.05) is 31.2 Å². The first kappa shape index (κ1) is 23.6. The van der Waals surface area contributed by atoms with Gasteiger partial charge in [0.15, 0.2) is 21.7 Å². The van der Waals surface area contributed by atoms with Crippen LogP contribution in [0.15, 0.2) is 17.3 Å². The van der Waals surface area contributed by atoms with Gasteiger partial charge in [-0.05, 0) is 31.7 Å². The number of hydrogen-bond donors (Lipinski definition) is 1. The average molecular weight is 540 g/mol.